The van der Waals surface area contributed by atoms with E-state index in [1.807, 2.05) is 20.8 Å². The highest BCUT2D eigenvalue weighted by molar-refractivity contribution is 6.35. The molecule has 0 aromatic heterocycles. The fourth-order valence-electron chi connectivity index (χ4n) is 0.952. The largest absolute Gasteiger partial charge is 0.484 e. The van der Waals surface area contributed by atoms with Gasteiger partial charge >= 0.3 is 0 Å². The monoisotopic (exact) mass is 260 g/mol. The Morgan fingerprint density at radius 1 is 1.31 bits per heavy atom. The fraction of sp³-hybridized carbons (Fsp3) is 0.417. The van der Waals surface area contributed by atoms with E-state index in [1.165, 1.54) is 0 Å². The smallest absolute Gasteiger partial charge is 0.175 e. The van der Waals surface area contributed by atoms with E-state index >= 15 is 0 Å². The van der Waals surface area contributed by atoms with Crippen molar-refractivity contribution in [3.63, 3.8) is 0 Å². The average molecular weight is 261 g/mol. The molecule has 0 aliphatic heterocycles. The van der Waals surface area contributed by atoms with Gasteiger partial charge in [-0.1, -0.05) is 44.0 Å². The molecule has 4 heteroatoms. The highest BCUT2D eigenvalue weighted by Gasteiger charge is 2.21. The van der Waals surface area contributed by atoms with Gasteiger partial charge < -0.3 is 4.74 Å². The van der Waals surface area contributed by atoms with Gasteiger partial charge in [-0.3, -0.25) is 4.79 Å². The van der Waals surface area contributed by atoms with Gasteiger partial charge in [-0.25, -0.2) is 0 Å². The molecule has 0 saturated heterocycles. The second-order valence-electron chi connectivity index (χ2n) is 4.54. The highest BCUT2D eigenvalue weighted by atomic mass is 35.5. The van der Waals surface area contributed by atoms with Crippen molar-refractivity contribution in [1.29, 1.82) is 0 Å². The van der Waals surface area contributed by atoms with Crippen LogP contribution in [0.1, 0.15) is 20.8 Å². The van der Waals surface area contributed by atoms with Crippen LogP contribution in [0.4, 0.5) is 0 Å². The quantitative estimate of drug-likeness (QED) is 0.822. The summed E-state index contributed by atoms with van der Waals surface area (Å²) in [6.45, 7) is 5.57. The number of benzene rings is 1. The Kier molecular flexibility index (Phi) is 4.22. The van der Waals surface area contributed by atoms with Crippen LogP contribution in [0.5, 0.6) is 5.75 Å². The molecule has 0 amide bonds. The van der Waals surface area contributed by atoms with Gasteiger partial charge in [0.1, 0.15) is 12.4 Å². The first-order chi connectivity index (χ1) is 7.30. The molecule has 1 rings (SSSR count). The predicted octanol–water partition coefficient (Wildman–Crippen LogP) is 3.99. The summed E-state index contributed by atoms with van der Waals surface area (Å²) in [6, 6.07) is 4.91. The normalized spacial score (nSPS) is 11.3. The Balaban J connectivity index is 2.65. The van der Waals surface area contributed by atoms with Crippen molar-refractivity contribution >= 4 is 29.0 Å². The summed E-state index contributed by atoms with van der Waals surface area (Å²) in [5.74, 6) is 0.502. The summed E-state index contributed by atoms with van der Waals surface area (Å²) < 4.78 is 5.34. The highest BCUT2D eigenvalue weighted by Crippen LogP contribution is 2.28. The average Bonchev–Trinajstić information content (AvgIpc) is 2.14. The minimum Gasteiger partial charge on any atom is -0.484 e. The molecule has 0 bridgehead atoms. The standard InChI is InChI=1S/C12H14Cl2O2/c1-12(2,3)11(15)7-16-10-5-4-8(13)6-9(10)14/h4-6H,7H2,1-3H3. The molecule has 0 unspecified atom stereocenters. The lowest BCUT2D eigenvalue weighted by atomic mass is 9.91. The van der Waals surface area contributed by atoms with Gasteiger partial charge in [-0.2, -0.15) is 0 Å². The molecule has 16 heavy (non-hydrogen) atoms. The third kappa shape index (κ3) is 3.69. The lowest BCUT2D eigenvalue weighted by molar-refractivity contribution is -0.128. The molecule has 1 aromatic rings. The fourth-order valence-corrected chi connectivity index (χ4v) is 1.42. The first-order valence-corrected chi connectivity index (χ1v) is 5.67. The van der Waals surface area contributed by atoms with Crippen molar-refractivity contribution in [2.45, 2.75) is 20.8 Å². The van der Waals surface area contributed by atoms with Crippen LogP contribution in [0.2, 0.25) is 10.0 Å². The molecule has 0 radical (unpaired) electrons. The lowest BCUT2D eigenvalue weighted by Crippen LogP contribution is -2.26. The maximum atomic E-state index is 11.6. The maximum absolute atomic E-state index is 11.6. The summed E-state index contributed by atoms with van der Waals surface area (Å²) in [6.07, 6.45) is 0. The second-order valence-corrected chi connectivity index (χ2v) is 5.38. The molecule has 0 saturated carbocycles. The third-order valence-corrected chi connectivity index (χ3v) is 2.62. The molecule has 0 aliphatic carbocycles. The summed E-state index contributed by atoms with van der Waals surface area (Å²) in [5, 5.41) is 0.953. The van der Waals surface area contributed by atoms with E-state index in [9.17, 15) is 4.79 Å². The Bertz CT molecular complexity index is 394. The van der Waals surface area contributed by atoms with Gasteiger partial charge in [0.2, 0.25) is 0 Å². The number of hydrogen-bond acceptors (Lipinski definition) is 2. The van der Waals surface area contributed by atoms with E-state index in [2.05, 4.69) is 0 Å². The molecule has 0 heterocycles. The number of ether oxygens (including phenoxy) is 1. The third-order valence-electron chi connectivity index (χ3n) is 2.09. The molecule has 0 fully saturated rings. The summed E-state index contributed by atoms with van der Waals surface area (Å²) in [7, 11) is 0. The minimum absolute atomic E-state index is 0.0187. The van der Waals surface area contributed by atoms with E-state index in [4.69, 9.17) is 27.9 Å². The van der Waals surface area contributed by atoms with Crippen molar-refractivity contribution in [3.8, 4) is 5.75 Å². The Morgan fingerprint density at radius 3 is 2.44 bits per heavy atom. The zero-order chi connectivity index (χ0) is 12.3. The van der Waals surface area contributed by atoms with Gasteiger partial charge in [-0.05, 0) is 18.2 Å². The number of Topliss-reactive ketones (excluding diaryl/α,β-unsaturated/α-hetero) is 1. The summed E-state index contributed by atoms with van der Waals surface area (Å²) in [4.78, 5) is 11.6. The van der Waals surface area contributed by atoms with E-state index < -0.39 is 5.41 Å². The van der Waals surface area contributed by atoms with Crippen LogP contribution in [0.25, 0.3) is 0 Å². The van der Waals surface area contributed by atoms with Crippen molar-refractivity contribution < 1.29 is 9.53 Å². The van der Waals surface area contributed by atoms with Crippen molar-refractivity contribution in [3.05, 3.63) is 28.2 Å². The van der Waals surface area contributed by atoms with Crippen molar-refractivity contribution in [2.24, 2.45) is 5.41 Å². The van der Waals surface area contributed by atoms with Crippen LogP contribution >= 0.6 is 23.2 Å². The Labute approximate surface area is 106 Å². The predicted molar refractivity (Wildman–Crippen MR) is 66.4 cm³/mol. The number of carbonyl (C=O) groups excluding carboxylic acids is 1. The number of hydrogen-bond donors (Lipinski definition) is 0. The van der Waals surface area contributed by atoms with Crippen LogP contribution in [-0.4, -0.2) is 12.4 Å². The number of carbonyl (C=O) groups is 1. The number of halogens is 2. The van der Waals surface area contributed by atoms with Crippen LogP contribution in [0.3, 0.4) is 0 Å². The number of rotatable bonds is 3. The molecule has 0 atom stereocenters. The molecule has 1 aromatic carbocycles. The van der Waals surface area contributed by atoms with Crippen LogP contribution in [0.15, 0.2) is 18.2 Å². The van der Waals surface area contributed by atoms with Gasteiger partial charge in [0.15, 0.2) is 5.78 Å². The number of ketones is 1. The zero-order valence-corrected chi connectivity index (χ0v) is 11.0. The lowest BCUT2D eigenvalue weighted by Gasteiger charge is -2.17. The van der Waals surface area contributed by atoms with Crippen molar-refractivity contribution in [2.75, 3.05) is 6.61 Å². The Hall–Kier alpha value is -0.730. The van der Waals surface area contributed by atoms with Gasteiger partial charge in [0.05, 0.1) is 5.02 Å². The minimum atomic E-state index is -0.404. The van der Waals surface area contributed by atoms with Gasteiger partial charge in [0.25, 0.3) is 0 Å². The maximum Gasteiger partial charge on any atom is 0.175 e. The molecule has 0 spiro atoms. The van der Waals surface area contributed by atoms with Crippen LogP contribution in [0, 0.1) is 5.41 Å². The van der Waals surface area contributed by atoms with E-state index in [0.717, 1.165) is 0 Å². The summed E-state index contributed by atoms with van der Waals surface area (Å²) >= 11 is 11.7. The first kappa shape index (κ1) is 13.3. The van der Waals surface area contributed by atoms with Gasteiger partial charge in [0, 0.05) is 10.4 Å². The molecule has 0 N–H and O–H groups in total. The molecule has 2 nitrogen and oxygen atoms in total. The zero-order valence-electron chi connectivity index (χ0n) is 9.51. The van der Waals surface area contributed by atoms with E-state index in [1.54, 1.807) is 18.2 Å². The topological polar surface area (TPSA) is 26.3 Å². The van der Waals surface area contributed by atoms with Crippen molar-refractivity contribution in [1.82, 2.24) is 0 Å². The van der Waals surface area contributed by atoms with Crippen LogP contribution < -0.4 is 4.74 Å². The SMILES string of the molecule is CC(C)(C)C(=O)COc1ccc(Cl)cc1Cl. The first-order valence-electron chi connectivity index (χ1n) is 4.92. The summed E-state index contributed by atoms with van der Waals surface area (Å²) in [5.41, 5.74) is -0.404. The molecule has 88 valence electrons. The van der Waals surface area contributed by atoms with Gasteiger partial charge in [-0.15, -0.1) is 0 Å². The molecular formula is C12H14Cl2O2. The van der Waals surface area contributed by atoms with E-state index in [0.29, 0.717) is 15.8 Å². The molecular weight excluding hydrogens is 247 g/mol. The molecule has 0 aliphatic rings. The van der Waals surface area contributed by atoms with Crippen LogP contribution in [-0.2, 0) is 4.79 Å². The second kappa shape index (κ2) is 5.07. The Morgan fingerprint density at radius 2 is 1.94 bits per heavy atom. The van der Waals surface area contributed by atoms with E-state index in [-0.39, 0.29) is 12.4 Å².